The molecule has 2 rings (SSSR count). The normalized spacial score (nSPS) is 11.6. The molecule has 0 atom stereocenters. The fourth-order valence-corrected chi connectivity index (χ4v) is 2.60. The van der Waals surface area contributed by atoms with Crippen LogP contribution in [0.3, 0.4) is 0 Å². The van der Waals surface area contributed by atoms with Crippen LogP contribution in [0, 0.1) is 0 Å². The minimum Gasteiger partial charge on any atom is -0.508 e. The van der Waals surface area contributed by atoms with E-state index in [1.165, 1.54) is 12.1 Å². The highest BCUT2D eigenvalue weighted by Crippen LogP contribution is 2.18. The summed E-state index contributed by atoms with van der Waals surface area (Å²) in [5.41, 5.74) is 1.84. The van der Waals surface area contributed by atoms with Gasteiger partial charge in [-0.05, 0) is 63.6 Å². The van der Waals surface area contributed by atoms with Gasteiger partial charge in [0.25, 0.3) is 10.1 Å². The first kappa shape index (κ1) is 22.1. The van der Waals surface area contributed by atoms with E-state index in [-0.39, 0.29) is 22.8 Å². The van der Waals surface area contributed by atoms with Crippen LogP contribution in [0.1, 0.15) is 31.9 Å². The predicted molar refractivity (Wildman–Crippen MR) is 102 cm³/mol. The van der Waals surface area contributed by atoms with Gasteiger partial charge >= 0.3 is 0 Å². The van der Waals surface area contributed by atoms with Crippen molar-refractivity contribution in [3.05, 3.63) is 59.7 Å². The van der Waals surface area contributed by atoms with Crippen LogP contribution >= 0.6 is 0 Å². The zero-order valence-corrected chi connectivity index (χ0v) is 16.1. The lowest BCUT2D eigenvalue weighted by atomic mass is 10.1. The molecule has 0 aliphatic carbocycles. The Morgan fingerprint density at radius 3 is 2.12 bits per heavy atom. The summed E-state index contributed by atoms with van der Waals surface area (Å²) in [6, 6.07) is 12.8. The molecule has 7 heteroatoms. The Morgan fingerprint density at radius 2 is 1.65 bits per heavy atom. The average molecular weight is 381 g/mol. The van der Waals surface area contributed by atoms with Gasteiger partial charge < -0.3 is 15.5 Å². The summed E-state index contributed by atoms with van der Waals surface area (Å²) in [5, 5.41) is 21.8. The molecule has 26 heavy (non-hydrogen) atoms. The molecule has 0 heterocycles. The van der Waals surface area contributed by atoms with E-state index in [0.717, 1.165) is 18.5 Å². The lowest BCUT2D eigenvalue weighted by Gasteiger charge is -2.20. The van der Waals surface area contributed by atoms with Crippen molar-refractivity contribution in [1.82, 2.24) is 5.32 Å². The highest BCUT2D eigenvalue weighted by atomic mass is 32.2. The van der Waals surface area contributed by atoms with Crippen molar-refractivity contribution < 1.29 is 23.2 Å². The molecule has 0 aliphatic heterocycles. The van der Waals surface area contributed by atoms with E-state index in [1.54, 1.807) is 24.3 Å². The first-order valence-corrected chi connectivity index (χ1v) is 9.66. The molecule has 144 valence electrons. The third kappa shape index (κ3) is 8.44. The van der Waals surface area contributed by atoms with Gasteiger partial charge in [-0.15, -0.1) is 0 Å². The Labute approximate surface area is 155 Å². The van der Waals surface area contributed by atoms with Crippen molar-refractivity contribution in [1.29, 1.82) is 0 Å². The molecular formula is C19H27NO5S. The Bertz CT molecular complexity index is 783. The predicted octanol–water partition coefficient (Wildman–Crippen LogP) is 2.75. The Morgan fingerprint density at radius 1 is 1.04 bits per heavy atom. The molecule has 0 bridgehead atoms. The molecule has 6 nitrogen and oxygen atoms in total. The molecule has 2 aromatic carbocycles. The standard InChI is InChI=1S/C13H21NO2.C6H6O3S/c1-13(2,3)14-7-6-10-4-5-12(16)11(8-10)9-15;7-10(8,9)6-4-2-1-3-5-6/h4-5,8,14-16H,6-7,9H2,1-3H3;1-5H,(H,7,8,9). The van der Waals surface area contributed by atoms with E-state index in [9.17, 15) is 13.5 Å². The van der Waals surface area contributed by atoms with Crippen LogP contribution in [0.15, 0.2) is 53.4 Å². The van der Waals surface area contributed by atoms with E-state index in [1.807, 2.05) is 12.1 Å². The van der Waals surface area contributed by atoms with Gasteiger partial charge in [0.15, 0.2) is 0 Å². The van der Waals surface area contributed by atoms with Gasteiger partial charge in [0.2, 0.25) is 0 Å². The lowest BCUT2D eigenvalue weighted by molar-refractivity contribution is 0.275. The highest BCUT2D eigenvalue weighted by Gasteiger charge is 2.08. The van der Waals surface area contributed by atoms with Gasteiger partial charge in [-0.2, -0.15) is 8.42 Å². The quantitative estimate of drug-likeness (QED) is 0.593. The Hall–Kier alpha value is -1.93. The maximum absolute atomic E-state index is 10.4. The van der Waals surface area contributed by atoms with Gasteiger partial charge in [0.05, 0.1) is 11.5 Å². The van der Waals surface area contributed by atoms with Crippen LogP contribution in [0.5, 0.6) is 5.75 Å². The summed E-state index contributed by atoms with van der Waals surface area (Å²) in [7, 11) is -4.00. The fraction of sp³-hybridized carbons (Fsp3) is 0.368. The largest absolute Gasteiger partial charge is 0.508 e. The minimum atomic E-state index is -4.00. The molecular weight excluding hydrogens is 354 g/mol. The summed E-state index contributed by atoms with van der Waals surface area (Å²) in [6.45, 7) is 7.15. The smallest absolute Gasteiger partial charge is 0.294 e. The van der Waals surface area contributed by atoms with Crippen LogP contribution in [0.25, 0.3) is 0 Å². The molecule has 0 saturated heterocycles. The van der Waals surface area contributed by atoms with Crippen LogP contribution in [0.4, 0.5) is 0 Å². The monoisotopic (exact) mass is 381 g/mol. The summed E-state index contributed by atoms with van der Waals surface area (Å²) in [4.78, 5) is -0.0741. The SMILES string of the molecule is CC(C)(C)NCCc1ccc(O)c(CO)c1.O=S(=O)(O)c1ccccc1. The van der Waals surface area contributed by atoms with Crippen LogP contribution in [-0.2, 0) is 23.1 Å². The van der Waals surface area contributed by atoms with E-state index >= 15 is 0 Å². The molecule has 0 saturated carbocycles. The van der Waals surface area contributed by atoms with Crippen molar-refractivity contribution in [2.24, 2.45) is 0 Å². The molecule has 0 unspecified atom stereocenters. The Kier molecular flexibility index (Phi) is 8.23. The van der Waals surface area contributed by atoms with Crippen molar-refractivity contribution in [3.8, 4) is 5.75 Å². The molecule has 0 amide bonds. The molecule has 0 radical (unpaired) electrons. The third-order valence-electron chi connectivity index (χ3n) is 3.42. The summed E-state index contributed by atoms with van der Waals surface area (Å²) in [5.74, 6) is 0.162. The minimum absolute atomic E-state index is 0.0741. The van der Waals surface area contributed by atoms with Crippen molar-refractivity contribution >= 4 is 10.1 Å². The second-order valence-corrected chi connectivity index (χ2v) is 8.26. The van der Waals surface area contributed by atoms with Crippen molar-refractivity contribution in [2.75, 3.05) is 6.54 Å². The summed E-state index contributed by atoms with van der Waals surface area (Å²) < 4.78 is 29.2. The summed E-state index contributed by atoms with van der Waals surface area (Å²) in [6.07, 6.45) is 0.893. The first-order chi connectivity index (χ1) is 12.0. The van der Waals surface area contributed by atoms with E-state index in [0.29, 0.717) is 5.56 Å². The first-order valence-electron chi connectivity index (χ1n) is 8.22. The summed E-state index contributed by atoms with van der Waals surface area (Å²) >= 11 is 0. The second-order valence-electron chi connectivity index (χ2n) is 6.84. The van der Waals surface area contributed by atoms with E-state index < -0.39 is 10.1 Å². The maximum atomic E-state index is 10.4. The topological polar surface area (TPSA) is 107 Å². The van der Waals surface area contributed by atoms with E-state index in [2.05, 4.69) is 26.1 Å². The van der Waals surface area contributed by atoms with Crippen LogP contribution in [0.2, 0.25) is 0 Å². The van der Waals surface area contributed by atoms with Gasteiger partial charge in [0, 0.05) is 11.1 Å². The lowest BCUT2D eigenvalue weighted by Crippen LogP contribution is -2.37. The van der Waals surface area contributed by atoms with Gasteiger partial charge in [0.1, 0.15) is 5.75 Å². The molecule has 0 aromatic heterocycles. The molecule has 0 aliphatic rings. The van der Waals surface area contributed by atoms with Gasteiger partial charge in [-0.1, -0.05) is 24.3 Å². The third-order valence-corrected chi connectivity index (χ3v) is 4.29. The van der Waals surface area contributed by atoms with E-state index in [4.69, 9.17) is 9.66 Å². The van der Waals surface area contributed by atoms with Crippen molar-refractivity contribution in [2.45, 2.75) is 44.2 Å². The molecule has 4 N–H and O–H groups in total. The average Bonchev–Trinajstić information content (AvgIpc) is 2.56. The Balaban J connectivity index is 0.000000289. The number of phenols is 1. The molecule has 0 fully saturated rings. The van der Waals surface area contributed by atoms with Crippen molar-refractivity contribution in [3.63, 3.8) is 0 Å². The number of hydrogen-bond acceptors (Lipinski definition) is 5. The highest BCUT2D eigenvalue weighted by molar-refractivity contribution is 7.85. The number of hydrogen-bond donors (Lipinski definition) is 4. The van der Waals surface area contributed by atoms with Crippen LogP contribution in [-0.4, -0.2) is 35.3 Å². The fourth-order valence-electron chi connectivity index (χ4n) is 2.10. The maximum Gasteiger partial charge on any atom is 0.294 e. The second kappa shape index (κ2) is 9.68. The van der Waals surface area contributed by atoms with Crippen LogP contribution < -0.4 is 5.32 Å². The zero-order chi connectivity index (χ0) is 19.8. The number of aliphatic hydroxyl groups excluding tert-OH is 1. The number of nitrogens with one attached hydrogen (secondary N) is 1. The number of aromatic hydroxyl groups is 1. The number of aliphatic hydroxyl groups is 1. The molecule has 2 aromatic rings. The number of rotatable bonds is 5. The van der Waals surface area contributed by atoms with Gasteiger partial charge in [-0.25, -0.2) is 0 Å². The molecule has 0 spiro atoms. The zero-order valence-electron chi connectivity index (χ0n) is 15.3. The number of benzene rings is 2. The van der Waals surface area contributed by atoms with Gasteiger partial charge in [-0.3, -0.25) is 4.55 Å².